The van der Waals surface area contributed by atoms with Crippen LogP contribution in [0.5, 0.6) is 0 Å². The summed E-state index contributed by atoms with van der Waals surface area (Å²) in [6.45, 7) is 14.2. The lowest BCUT2D eigenvalue weighted by Crippen LogP contribution is -2.57. The van der Waals surface area contributed by atoms with Crippen LogP contribution in [0.1, 0.15) is 47.0 Å². The predicted octanol–water partition coefficient (Wildman–Crippen LogP) is 1.58. The van der Waals surface area contributed by atoms with Crippen LogP contribution in [0.2, 0.25) is 0 Å². The van der Waals surface area contributed by atoms with Gasteiger partial charge >= 0.3 is 0 Å². The van der Waals surface area contributed by atoms with E-state index in [1.54, 1.807) is 0 Å². The summed E-state index contributed by atoms with van der Waals surface area (Å²) in [5.41, 5.74) is 0. The second-order valence-corrected chi connectivity index (χ2v) is 10.7. The van der Waals surface area contributed by atoms with Crippen molar-refractivity contribution < 1.29 is 8.42 Å². The zero-order valence-corrected chi connectivity index (χ0v) is 17.2. The van der Waals surface area contributed by atoms with Gasteiger partial charge in [-0.25, -0.2) is 8.42 Å². The number of guanidine groups is 1. The second kappa shape index (κ2) is 8.71. The molecule has 0 amide bonds. The van der Waals surface area contributed by atoms with Crippen molar-refractivity contribution in [3.8, 4) is 0 Å². The van der Waals surface area contributed by atoms with E-state index in [-0.39, 0.29) is 5.75 Å². The van der Waals surface area contributed by atoms with Crippen molar-refractivity contribution in [3.05, 3.63) is 0 Å². The Kier molecular flexibility index (Phi) is 7.14. The first-order valence-electron chi connectivity index (χ1n) is 9.77. The van der Waals surface area contributed by atoms with Gasteiger partial charge < -0.3 is 15.1 Å². The predicted molar refractivity (Wildman–Crippen MR) is 105 cm³/mol. The van der Waals surface area contributed by atoms with E-state index >= 15 is 0 Å². The first-order chi connectivity index (χ1) is 11.8. The molecule has 2 fully saturated rings. The van der Waals surface area contributed by atoms with E-state index in [1.807, 2.05) is 13.8 Å². The highest BCUT2D eigenvalue weighted by Crippen LogP contribution is 2.24. The van der Waals surface area contributed by atoms with Crippen molar-refractivity contribution >= 4 is 15.8 Å². The number of hydrogen-bond acceptors (Lipinski definition) is 4. The number of sulfone groups is 1. The van der Waals surface area contributed by atoms with E-state index in [0.29, 0.717) is 19.0 Å². The molecule has 146 valence electrons. The highest BCUT2D eigenvalue weighted by Gasteiger charge is 2.41. The van der Waals surface area contributed by atoms with Crippen LogP contribution in [-0.4, -0.2) is 80.5 Å². The lowest BCUT2D eigenvalue weighted by Gasteiger charge is -2.39. The maximum absolute atomic E-state index is 12.2. The molecule has 0 radical (unpaired) electrons. The monoisotopic (exact) mass is 372 g/mol. The molecule has 25 heavy (non-hydrogen) atoms. The summed E-state index contributed by atoms with van der Waals surface area (Å²) >= 11 is 0. The fraction of sp³-hybridized carbons (Fsp3) is 0.944. The van der Waals surface area contributed by atoms with Gasteiger partial charge in [-0.15, -0.1) is 0 Å². The standard InChI is InChI=1S/C18H36N4O2S/c1-5-9-21-10-7-16(8-11-21)14-20-17(19-6-2)22-12-13-25(23,24)18(3,4)15-22/h16H,5-15H2,1-4H3,(H,19,20). The van der Waals surface area contributed by atoms with E-state index in [9.17, 15) is 8.42 Å². The molecular weight excluding hydrogens is 336 g/mol. The van der Waals surface area contributed by atoms with E-state index < -0.39 is 14.6 Å². The summed E-state index contributed by atoms with van der Waals surface area (Å²) in [6, 6.07) is 0. The zero-order valence-electron chi connectivity index (χ0n) is 16.4. The number of rotatable bonds is 5. The summed E-state index contributed by atoms with van der Waals surface area (Å²) in [7, 11) is -3.02. The largest absolute Gasteiger partial charge is 0.357 e. The van der Waals surface area contributed by atoms with Gasteiger partial charge in [0.25, 0.3) is 0 Å². The van der Waals surface area contributed by atoms with E-state index in [4.69, 9.17) is 4.99 Å². The van der Waals surface area contributed by atoms with Crippen LogP contribution in [0.25, 0.3) is 0 Å². The summed E-state index contributed by atoms with van der Waals surface area (Å²) in [5, 5.41) is 3.36. The highest BCUT2D eigenvalue weighted by molar-refractivity contribution is 7.92. The summed E-state index contributed by atoms with van der Waals surface area (Å²) in [5.74, 6) is 1.73. The van der Waals surface area contributed by atoms with Crippen molar-refractivity contribution in [1.29, 1.82) is 0 Å². The third-order valence-electron chi connectivity index (χ3n) is 5.42. The van der Waals surface area contributed by atoms with Gasteiger partial charge in [-0.1, -0.05) is 6.92 Å². The van der Waals surface area contributed by atoms with Crippen LogP contribution in [0, 0.1) is 5.92 Å². The molecule has 7 heteroatoms. The minimum atomic E-state index is -3.02. The number of aliphatic imine (C=N–C) groups is 1. The fourth-order valence-corrected chi connectivity index (χ4v) is 5.04. The molecule has 2 rings (SSSR count). The van der Waals surface area contributed by atoms with Gasteiger partial charge in [0.05, 0.1) is 10.5 Å². The Morgan fingerprint density at radius 3 is 2.44 bits per heavy atom. The molecule has 0 aromatic heterocycles. The van der Waals surface area contributed by atoms with Crippen molar-refractivity contribution in [3.63, 3.8) is 0 Å². The van der Waals surface area contributed by atoms with E-state index in [0.717, 1.165) is 19.0 Å². The molecular formula is C18H36N4O2S. The van der Waals surface area contributed by atoms with Gasteiger partial charge in [0.2, 0.25) is 0 Å². The number of piperidine rings is 1. The molecule has 0 saturated carbocycles. The highest BCUT2D eigenvalue weighted by atomic mass is 32.2. The van der Waals surface area contributed by atoms with Crippen LogP contribution in [0.3, 0.4) is 0 Å². The first kappa shape index (κ1) is 20.5. The van der Waals surface area contributed by atoms with Crippen LogP contribution in [0.4, 0.5) is 0 Å². The number of nitrogens with one attached hydrogen (secondary N) is 1. The van der Waals surface area contributed by atoms with Gasteiger partial charge in [0.15, 0.2) is 15.8 Å². The van der Waals surface area contributed by atoms with Crippen LogP contribution in [0.15, 0.2) is 4.99 Å². The van der Waals surface area contributed by atoms with Crippen LogP contribution >= 0.6 is 0 Å². The Hall–Kier alpha value is -0.820. The molecule has 0 aliphatic carbocycles. The van der Waals surface area contributed by atoms with Crippen molar-refractivity contribution in [2.45, 2.75) is 51.7 Å². The fourth-order valence-electron chi connectivity index (χ4n) is 3.67. The van der Waals surface area contributed by atoms with Crippen molar-refractivity contribution in [2.75, 3.05) is 51.6 Å². The topological polar surface area (TPSA) is 65.0 Å². The van der Waals surface area contributed by atoms with Gasteiger partial charge in [-0.05, 0) is 65.6 Å². The average molecular weight is 373 g/mol. The molecule has 0 bridgehead atoms. The lowest BCUT2D eigenvalue weighted by molar-refractivity contribution is 0.188. The number of hydrogen-bond donors (Lipinski definition) is 1. The molecule has 0 aromatic carbocycles. The molecule has 6 nitrogen and oxygen atoms in total. The second-order valence-electron chi connectivity index (χ2n) is 7.98. The van der Waals surface area contributed by atoms with Crippen LogP contribution < -0.4 is 5.32 Å². The molecule has 0 atom stereocenters. The van der Waals surface area contributed by atoms with Gasteiger partial charge in [-0.3, -0.25) is 4.99 Å². The smallest absolute Gasteiger partial charge is 0.194 e. The van der Waals surface area contributed by atoms with Crippen LogP contribution in [-0.2, 0) is 9.84 Å². The molecule has 2 heterocycles. The Morgan fingerprint density at radius 1 is 1.20 bits per heavy atom. The Balaban J connectivity index is 1.95. The van der Waals surface area contributed by atoms with Gasteiger partial charge in [-0.2, -0.15) is 0 Å². The molecule has 0 unspecified atom stereocenters. The summed E-state index contributed by atoms with van der Waals surface area (Å²) in [4.78, 5) is 9.53. The van der Waals surface area contributed by atoms with Gasteiger partial charge in [0.1, 0.15) is 0 Å². The normalized spacial score (nSPS) is 25.1. The number of nitrogens with zero attached hydrogens (tertiary/aromatic N) is 3. The quantitative estimate of drug-likeness (QED) is 0.586. The lowest BCUT2D eigenvalue weighted by atomic mass is 9.97. The SMILES string of the molecule is CCCN1CCC(CN=C(NCC)N2CCS(=O)(=O)C(C)(C)C2)CC1. The summed E-state index contributed by atoms with van der Waals surface area (Å²) in [6.07, 6.45) is 3.65. The van der Waals surface area contributed by atoms with Crippen molar-refractivity contribution in [1.82, 2.24) is 15.1 Å². The molecule has 0 spiro atoms. The molecule has 1 N–H and O–H groups in total. The minimum absolute atomic E-state index is 0.208. The Bertz CT molecular complexity index is 551. The number of likely N-dealkylation sites (tertiary alicyclic amines) is 1. The maximum Gasteiger partial charge on any atom is 0.194 e. The Labute approximate surface area is 154 Å². The molecule has 2 aliphatic heterocycles. The third-order valence-corrected chi connectivity index (χ3v) is 7.96. The third kappa shape index (κ3) is 5.33. The zero-order chi connectivity index (χ0) is 18.5. The summed E-state index contributed by atoms with van der Waals surface area (Å²) < 4.78 is 23.7. The van der Waals surface area contributed by atoms with E-state index in [1.165, 1.54) is 38.9 Å². The van der Waals surface area contributed by atoms with E-state index in [2.05, 4.69) is 29.0 Å². The first-order valence-corrected chi connectivity index (χ1v) is 11.4. The molecule has 0 aromatic rings. The maximum atomic E-state index is 12.2. The van der Waals surface area contributed by atoms with Gasteiger partial charge in [0, 0.05) is 26.2 Å². The van der Waals surface area contributed by atoms with Crippen molar-refractivity contribution in [2.24, 2.45) is 10.9 Å². The Morgan fingerprint density at radius 2 is 1.88 bits per heavy atom. The molecule has 2 aliphatic rings. The average Bonchev–Trinajstić information content (AvgIpc) is 2.56. The minimum Gasteiger partial charge on any atom is -0.357 e. The molecule has 2 saturated heterocycles.